The Morgan fingerprint density at radius 2 is 1.95 bits per heavy atom. The van der Waals surface area contributed by atoms with Gasteiger partial charge >= 0.3 is 5.97 Å². The van der Waals surface area contributed by atoms with Gasteiger partial charge in [0.1, 0.15) is 0 Å². The fourth-order valence-corrected chi connectivity index (χ4v) is 2.56. The lowest BCUT2D eigenvalue weighted by Crippen LogP contribution is -2.42. The van der Waals surface area contributed by atoms with Crippen LogP contribution in [0.3, 0.4) is 0 Å². The van der Waals surface area contributed by atoms with Gasteiger partial charge in [0.05, 0.1) is 13.0 Å². The molecular formula is C17H23NO3. The molecule has 1 saturated carbocycles. The van der Waals surface area contributed by atoms with Crippen LogP contribution in [-0.2, 0) is 20.9 Å². The van der Waals surface area contributed by atoms with E-state index >= 15 is 0 Å². The van der Waals surface area contributed by atoms with Gasteiger partial charge in [0, 0.05) is 19.0 Å². The highest BCUT2D eigenvalue weighted by Crippen LogP contribution is 2.29. The van der Waals surface area contributed by atoms with Crippen LogP contribution < -0.4 is 0 Å². The molecule has 114 valence electrons. The summed E-state index contributed by atoms with van der Waals surface area (Å²) in [4.78, 5) is 26.0. The van der Waals surface area contributed by atoms with E-state index in [0.29, 0.717) is 13.1 Å². The number of benzene rings is 1. The molecule has 0 heterocycles. The molecule has 1 aromatic carbocycles. The molecule has 1 aromatic rings. The Balaban J connectivity index is 2.06. The van der Waals surface area contributed by atoms with E-state index in [4.69, 9.17) is 4.74 Å². The minimum atomic E-state index is -0.303. The molecule has 1 atom stereocenters. The molecule has 0 aromatic heterocycles. The summed E-state index contributed by atoms with van der Waals surface area (Å²) in [5.41, 5.74) is 1.09. The number of methoxy groups -OCH3 is 1. The zero-order valence-corrected chi connectivity index (χ0v) is 12.7. The molecule has 0 N–H and O–H groups in total. The number of amides is 1. The van der Waals surface area contributed by atoms with Crippen molar-refractivity contribution in [3.63, 3.8) is 0 Å². The fraction of sp³-hybridized carbons (Fsp3) is 0.529. The van der Waals surface area contributed by atoms with Crippen molar-refractivity contribution in [2.24, 2.45) is 11.8 Å². The first-order valence-corrected chi connectivity index (χ1v) is 7.52. The standard InChI is InChI=1S/C17H23NO3/c1-13(17(20)21-2)11-18(16(19)15-9-6-10-15)12-14-7-4-3-5-8-14/h3-5,7-8,13,15H,6,9-12H2,1-2H3. The summed E-state index contributed by atoms with van der Waals surface area (Å²) in [5, 5.41) is 0. The van der Waals surface area contributed by atoms with E-state index in [2.05, 4.69) is 0 Å². The molecule has 4 heteroatoms. The summed E-state index contributed by atoms with van der Waals surface area (Å²) in [6.45, 7) is 2.77. The highest BCUT2D eigenvalue weighted by atomic mass is 16.5. The average molecular weight is 289 g/mol. The summed E-state index contributed by atoms with van der Waals surface area (Å²) in [6.07, 6.45) is 3.07. The van der Waals surface area contributed by atoms with Gasteiger partial charge in [-0.1, -0.05) is 43.7 Å². The molecule has 21 heavy (non-hydrogen) atoms. The highest BCUT2D eigenvalue weighted by molar-refractivity contribution is 5.80. The second-order valence-electron chi connectivity index (χ2n) is 5.76. The normalized spacial score (nSPS) is 15.9. The lowest BCUT2D eigenvalue weighted by Gasteiger charge is -2.33. The smallest absolute Gasteiger partial charge is 0.310 e. The molecule has 1 unspecified atom stereocenters. The van der Waals surface area contributed by atoms with E-state index in [1.54, 1.807) is 11.8 Å². The van der Waals surface area contributed by atoms with Gasteiger partial charge in [-0.3, -0.25) is 9.59 Å². The maximum Gasteiger partial charge on any atom is 0.310 e. The zero-order valence-electron chi connectivity index (χ0n) is 12.7. The van der Waals surface area contributed by atoms with Crippen LogP contribution in [-0.4, -0.2) is 30.4 Å². The van der Waals surface area contributed by atoms with Gasteiger partial charge in [0.2, 0.25) is 5.91 Å². The summed E-state index contributed by atoms with van der Waals surface area (Å²) in [6, 6.07) is 9.89. The molecule has 0 aliphatic heterocycles. The van der Waals surface area contributed by atoms with Crippen LogP contribution >= 0.6 is 0 Å². The number of carbonyl (C=O) groups excluding carboxylic acids is 2. The molecule has 1 fully saturated rings. The van der Waals surface area contributed by atoms with Crippen molar-refractivity contribution in [3.05, 3.63) is 35.9 Å². The predicted molar refractivity (Wildman–Crippen MR) is 80.4 cm³/mol. The lowest BCUT2D eigenvalue weighted by atomic mass is 9.84. The van der Waals surface area contributed by atoms with Crippen molar-refractivity contribution in [2.45, 2.75) is 32.7 Å². The number of nitrogens with zero attached hydrogens (tertiary/aromatic N) is 1. The van der Waals surface area contributed by atoms with E-state index in [1.165, 1.54) is 7.11 Å². The predicted octanol–water partition coefficient (Wildman–Crippen LogP) is 2.62. The Morgan fingerprint density at radius 1 is 1.29 bits per heavy atom. The Bertz CT molecular complexity index is 482. The maximum atomic E-state index is 12.6. The van der Waals surface area contributed by atoms with Crippen molar-refractivity contribution in [2.75, 3.05) is 13.7 Å². The van der Waals surface area contributed by atoms with Crippen molar-refractivity contribution < 1.29 is 14.3 Å². The van der Waals surface area contributed by atoms with Crippen LogP contribution in [0.2, 0.25) is 0 Å². The Kier molecular flexibility index (Phi) is 5.37. The zero-order chi connectivity index (χ0) is 15.2. The third-order valence-corrected chi connectivity index (χ3v) is 4.08. The van der Waals surface area contributed by atoms with E-state index in [0.717, 1.165) is 24.8 Å². The highest BCUT2D eigenvalue weighted by Gasteiger charge is 2.31. The molecule has 0 spiro atoms. The Labute approximate surface area is 126 Å². The second-order valence-corrected chi connectivity index (χ2v) is 5.76. The van der Waals surface area contributed by atoms with Gasteiger partial charge in [0.25, 0.3) is 0 Å². The molecule has 1 aliphatic rings. The second kappa shape index (κ2) is 7.25. The molecular weight excluding hydrogens is 266 g/mol. The van der Waals surface area contributed by atoms with Gasteiger partial charge in [0.15, 0.2) is 0 Å². The van der Waals surface area contributed by atoms with Gasteiger partial charge in [-0.2, -0.15) is 0 Å². The van der Waals surface area contributed by atoms with Crippen molar-refractivity contribution >= 4 is 11.9 Å². The van der Waals surface area contributed by atoms with Gasteiger partial charge in [-0.05, 0) is 18.4 Å². The Hall–Kier alpha value is -1.84. The van der Waals surface area contributed by atoms with E-state index in [-0.39, 0.29) is 23.7 Å². The molecule has 2 rings (SSSR count). The largest absolute Gasteiger partial charge is 0.469 e. The first-order chi connectivity index (χ1) is 10.1. The summed E-state index contributed by atoms with van der Waals surface area (Å²) in [5.74, 6) is -0.267. The quantitative estimate of drug-likeness (QED) is 0.756. The maximum absolute atomic E-state index is 12.6. The SMILES string of the molecule is COC(=O)C(C)CN(Cc1ccccc1)C(=O)C1CCC1. The van der Waals surface area contributed by atoms with E-state index in [9.17, 15) is 9.59 Å². The van der Waals surface area contributed by atoms with Gasteiger partial charge in [-0.25, -0.2) is 0 Å². The lowest BCUT2D eigenvalue weighted by molar-refractivity contribution is -0.147. The molecule has 1 amide bonds. The molecule has 0 radical (unpaired) electrons. The summed E-state index contributed by atoms with van der Waals surface area (Å²) >= 11 is 0. The molecule has 4 nitrogen and oxygen atoms in total. The van der Waals surface area contributed by atoms with Crippen molar-refractivity contribution in [1.29, 1.82) is 0 Å². The van der Waals surface area contributed by atoms with Gasteiger partial charge in [-0.15, -0.1) is 0 Å². The monoisotopic (exact) mass is 289 g/mol. The van der Waals surface area contributed by atoms with Gasteiger partial charge < -0.3 is 9.64 Å². The first kappa shape index (κ1) is 15.5. The summed E-state index contributed by atoms with van der Waals surface area (Å²) in [7, 11) is 1.38. The van der Waals surface area contributed by atoms with Crippen LogP contribution in [0.15, 0.2) is 30.3 Å². The number of carbonyl (C=O) groups is 2. The van der Waals surface area contributed by atoms with Crippen LogP contribution in [0.4, 0.5) is 0 Å². The molecule has 0 bridgehead atoms. The minimum absolute atomic E-state index is 0.138. The average Bonchev–Trinajstić information content (AvgIpc) is 2.44. The van der Waals surface area contributed by atoms with Crippen LogP contribution in [0.5, 0.6) is 0 Å². The number of rotatable bonds is 6. The van der Waals surface area contributed by atoms with E-state index < -0.39 is 0 Å². The minimum Gasteiger partial charge on any atom is -0.469 e. The molecule has 0 saturated heterocycles. The van der Waals surface area contributed by atoms with Crippen LogP contribution in [0.25, 0.3) is 0 Å². The molecule has 1 aliphatic carbocycles. The van der Waals surface area contributed by atoms with E-state index in [1.807, 2.05) is 30.3 Å². The number of esters is 1. The third-order valence-electron chi connectivity index (χ3n) is 4.08. The van der Waals surface area contributed by atoms with Crippen LogP contribution in [0, 0.1) is 11.8 Å². The van der Waals surface area contributed by atoms with Crippen LogP contribution in [0.1, 0.15) is 31.7 Å². The fourth-order valence-electron chi connectivity index (χ4n) is 2.56. The third kappa shape index (κ3) is 4.06. The summed E-state index contributed by atoms with van der Waals surface area (Å²) < 4.78 is 4.77. The number of ether oxygens (including phenoxy) is 1. The van der Waals surface area contributed by atoms with Crippen molar-refractivity contribution in [1.82, 2.24) is 4.90 Å². The first-order valence-electron chi connectivity index (χ1n) is 7.52. The number of hydrogen-bond acceptors (Lipinski definition) is 3. The topological polar surface area (TPSA) is 46.6 Å². The number of hydrogen-bond donors (Lipinski definition) is 0. The van der Waals surface area contributed by atoms with Crippen molar-refractivity contribution in [3.8, 4) is 0 Å². The Morgan fingerprint density at radius 3 is 2.48 bits per heavy atom.